The fourth-order valence-corrected chi connectivity index (χ4v) is 6.15. The molecule has 1 aromatic heterocycles. The molecule has 3 aromatic rings. The van der Waals surface area contributed by atoms with E-state index in [1.807, 2.05) is 48.2 Å². The first-order valence-electron chi connectivity index (χ1n) is 13.9. The lowest BCUT2D eigenvalue weighted by Crippen LogP contribution is -2.49. The van der Waals surface area contributed by atoms with Crippen molar-refractivity contribution in [2.45, 2.75) is 38.0 Å². The third kappa shape index (κ3) is 5.38. The lowest BCUT2D eigenvalue weighted by atomic mass is 9.97. The Balaban J connectivity index is 1.33. The summed E-state index contributed by atoms with van der Waals surface area (Å²) in [6.45, 7) is 8.05. The fourth-order valence-electron chi connectivity index (χ4n) is 5.86. The van der Waals surface area contributed by atoms with Gasteiger partial charge in [0, 0.05) is 48.2 Å². The summed E-state index contributed by atoms with van der Waals surface area (Å²) in [5.74, 6) is -0.427. The number of likely N-dealkylation sites (tertiary alicyclic amines) is 1. The topological polar surface area (TPSA) is 80.3 Å². The van der Waals surface area contributed by atoms with Gasteiger partial charge in [-0.25, -0.2) is 4.39 Å². The van der Waals surface area contributed by atoms with E-state index in [1.54, 1.807) is 0 Å². The van der Waals surface area contributed by atoms with Crippen LogP contribution >= 0.6 is 11.6 Å². The fraction of sp³-hybridized carbons (Fsp3) is 0.433. The summed E-state index contributed by atoms with van der Waals surface area (Å²) >= 11 is 6.64. The van der Waals surface area contributed by atoms with Gasteiger partial charge in [0.05, 0.1) is 0 Å². The van der Waals surface area contributed by atoms with Crippen molar-refractivity contribution >= 4 is 34.1 Å². The second-order valence-electron chi connectivity index (χ2n) is 10.8. The maximum atomic E-state index is 13.5. The van der Waals surface area contributed by atoms with Crippen molar-refractivity contribution in [1.82, 2.24) is 19.8 Å². The minimum absolute atomic E-state index is 0.197. The average molecular weight is 582 g/mol. The number of halogens is 2. The number of hydrogen-bond acceptors (Lipinski definition) is 8. The summed E-state index contributed by atoms with van der Waals surface area (Å²) in [4.78, 5) is 27.2. The highest BCUT2D eigenvalue weighted by molar-refractivity contribution is 6.35. The normalized spacial score (nSPS) is 22.7. The van der Waals surface area contributed by atoms with E-state index >= 15 is 0 Å². The predicted molar refractivity (Wildman–Crippen MR) is 155 cm³/mol. The number of rotatable bonds is 6. The van der Waals surface area contributed by atoms with Crippen LogP contribution in [0.15, 0.2) is 48.8 Å². The Morgan fingerprint density at radius 3 is 2.59 bits per heavy atom. The molecule has 0 radical (unpaired) electrons. The molecule has 3 aliphatic rings. The number of anilines is 1. The van der Waals surface area contributed by atoms with Gasteiger partial charge in [-0.3, -0.25) is 4.79 Å². The Hall–Kier alpha value is -3.63. The number of nitrogens with zero attached hydrogens (tertiary/aromatic N) is 5. The van der Waals surface area contributed by atoms with E-state index in [0.717, 1.165) is 35.7 Å². The molecule has 0 aliphatic carbocycles. The van der Waals surface area contributed by atoms with E-state index in [0.29, 0.717) is 49.4 Å². The second-order valence-corrected chi connectivity index (χ2v) is 11.2. The minimum Gasteiger partial charge on any atom is -0.478 e. The van der Waals surface area contributed by atoms with Crippen LogP contribution in [0.4, 0.5) is 10.2 Å². The molecule has 0 N–H and O–H groups in total. The van der Waals surface area contributed by atoms with Crippen molar-refractivity contribution in [3.8, 4) is 17.6 Å². The van der Waals surface area contributed by atoms with Crippen molar-refractivity contribution in [2.75, 3.05) is 51.3 Å². The van der Waals surface area contributed by atoms with Crippen molar-refractivity contribution in [3.05, 3.63) is 59.4 Å². The van der Waals surface area contributed by atoms with Gasteiger partial charge in [-0.15, -0.1) is 0 Å². The molecule has 1 amide bonds. The van der Waals surface area contributed by atoms with Gasteiger partial charge in [-0.2, -0.15) is 9.97 Å². The van der Waals surface area contributed by atoms with Crippen molar-refractivity contribution in [3.63, 3.8) is 0 Å². The molecule has 3 aliphatic heterocycles. The van der Waals surface area contributed by atoms with E-state index in [2.05, 4.69) is 23.5 Å². The highest BCUT2D eigenvalue weighted by atomic mass is 35.5. The van der Waals surface area contributed by atoms with Crippen LogP contribution in [0.1, 0.15) is 31.4 Å². The largest absolute Gasteiger partial charge is 0.478 e. The first-order chi connectivity index (χ1) is 19.8. The van der Waals surface area contributed by atoms with Crippen LogP contribution in [0.25, 0.3) is 10.8 Å². The molecular formula is C30H33ClFN5O4. The van der Waals surface area contributed by atoms with Crippen molar-refractivity contribution < 1.29 is 23.4 Å². The molecule has 2 aromatic carbocycles. The molecule has 41 heavy (non-hydrogen) atoms. The quantitative estimate of drug-likeness (QED) is 0.385. The molecule has 6 rings (SSSR count). The Labute approximate surface area is 243 Å². The van der Waals surface area contributed by atoms with Gasteiger partial charge in [0.2, 0.25) is 5.75 Å². The highest BCUT2D eigenvalue weighted by Gasteiger charge is 2.37. The smallest absolute Gasteiger partial charge is 0.322 e. The molecule has 11 heteroatoms. The van der Waals surface area contributed by atoms with Crippen LogP contribution in [0.3, 0.4) is 0 Å². The van der Waals surface area contributed by atoms with Crippen LogP contribution < -0.4 is 19.1 Å². The first-order valence-corrected chi connectivity index (χ1v) is 14.3. The van der Waals surface area contributed by atoms with Gasteiger partial charge in [0.15, 0.2) is 17.7 Å². The third-order valence-corrected chi connectivity index (χ3v) is 8.45. The summed E-state index contributed by atoms with van der Waals surface area (Å²) in [6.07, 6.45) is 1.31. The monoisotopic (exact) mass is 581 g/mol. The number of carbonyl (C=O) groups is 1. The molecule has 0 bridgehead atoms. The molecule has 216 valence electrons. The molecule has 4 heterocycles. The van der Waals surface area contributed by atoms with Crippen LogP contribution in [-0.2, 0) is 4.79 Å². The van der Waals surface area contributed by atoms with Crippen LogP contribution in [0, 0.1) is 0 Å². The molecule has 0 spiro atoms. The number of benzene rings is 2. The number of piperazine rings is 1. The number of amides is 1. The minimum atomic E-state index is -0.962. The number of hydrogen-bond donors (Lipinski definition) is 0. The second kappa shape index (κ2) is 11.3. The SMILES string of the molecule is C=C(F)C(=O)N1CCN(c2nc(OC[C@@H]3CCCN3C)nc3c2O[C@@H](C)C(c2cccc4cccc(Cl)c24)O3)CC1. The van der Waals surface area contributed by atoms with Crippen molar-refractivity contribution in [1.29, 1.82) is 0 Å². The Morgan fingerprint density at radius 2 is 1.88 bits per heavy atom. The van der Waals surface area contributed by atoms with E-state index in [1.165, 1.54) is 4.90 Å². The lowest BCUT2D eigenvalue weighted by molar-refractivity contribution is -0.128. The van der Waals surface area contributed by atoms with Gasteiger partial charge >= 0.3 is 6.01 Å². The molecule has 2 saturated heterocycles. The number of aromatic nitrogens is 2. The highest BCUT2D eigenvalue weighted by Crippen LogP contribution is 2.46. The zero-order valence-electron chi connectivity index (χ0n) is 23.2. The number of fused-ring (bicyclic) bond motifs is 2. The molecule has 9 nitrogen and oxygen atoms in total. The number of carbonyl (C=O) groups excluding carboxylic acids is 1. The van der Waals surface area contributed by atoms with Gasteiger partial charge in [-0.05, 0) is 44.8 Å². The Morgan fingerprint density at radius 1 is 1.12 bits per heavy atom. The average Bonchev–Trinajstić information content (AvgIpc) is 3.39. The zero-order valence-corrected chi connectivity index (χ0v) is 23.9. The van der Waals surface area contributed by atoms with Crippen LogP contribution in [-0.4, -0.2) is 84.2 Å². The maximum absolute atomic E-state index is 13.5. The standard InChI is InChI=1S/C30H33ClFN5O4/c1-18(32)29(38)37-15-13-36(14-16-37)27-26-28(34-30(33-27)39-17-21-9-6-12-35(21)3)41-25(19(2)40-26)22-10-4-7-20-8-5-11-23(31)24(20)22/h4-5,7-8,10-11,19,21,25H,1,6,9,12-17H2,2-3H3/t19-,21-,25?/m0/s1. The van der Waals surface area contributed by atoms with Gasteiger partial charge in [0.25, 0.3) is 11.8 Å². The zero-order chi connectivity index (χ0) is 28.7. The summed E-state index contributed by atoms with van der Waals surface area (Å²) < 4.78 is 32.7. The third-order valence-electron chi connectivity index (χ3n) is 8.13. The van der Waals surface area contributed by atoms with Crippen molar-refractivity contribution in [2.24, 2.45) is 0 Å². The van der Waals surface area contributed by atoms with Gasteiger partial charge < -0.3 is 28.9 Å². The molecule has 2 fully saturated rings. The van der Waals surface area contributed by atoms with E-state index in [4.69, 9.17) is 30.8 Å². The molecule has 3 atom stereocenters. The summed E-state index contributed by atoms with van der Waals surface area (Å²) in [5.41, 5.74) is 0.903. The van der Waals surface area contributed by atoms with Gasteiger partial charge in [-0.1, -0.05) is 48.5 Å². The summed E-state index contributed by atoms with van der Waals surface area (Å²) in [7, 11) is 2.09. The number of ether oxygens (including phenoxy) is 3. The summed E-state index contributed by atoms with van der Waals surface area (Å²) in [5, 5.41) is 2.55. The summed E-state index contributed by atoms with van der Waals surface area (Å²) in [6, 6.07) is 12.3. The lowest BCUT2D eigenvalue weighted by Gasteiger charge is -2.38. The number of likely N-dealkylation sites (N-methyl/N-ethyl adjacent to an activating group) is 1. The van der Waals surface area contributed by atoms with Crippen LogP contribution in [0.5, 0.6) is 17.6 Å². The Bertz CT molecular complexity index is 1480. The van der Waals surface area contributed by atoms with Gasteiger partial charge in [0.1, 0.15) is 12.7 Å². The molecule has 0 saturated carbocycles. The van der Waals surface area contributed by atoms with E-state index < -0.39 is 17.8 Å². The first kappa shape index (κ1) is 27.5. The predicted octanol–water partition coefficient (Wildman–Crippen LogP) is 4.79. The molecular weight excluding hydrogens is 549 g/mol. The Kier molecular flexibility index (Phi) is 7.61. The van der Waals surface area contributed by atoms with Crippen LogP contribution in [0.2, 0.25) is 5.02 Å². The maximum Gasteiger partial charge on any atom is 0.322 e. The van der Waals surface area contributed by atoms with E-state index in [9.17, 15) is 9.18 Å². The molecule has 1 unspecified atom stereocenters. The van der Waals surface area contributed by atoms with E-state index in [-0.39, 0.29) is 24.0 Å².